The van der Waals surface area contributed by atoms with E-state index >= 15 is 0 Å². The first-order valence-electron chi connectivity index (χ1n) is 1.89. The lowest BCUT2D eigenvalue weighted by atomic mass is 10.4. The summed E-state index contributed by atoms with van der Waals surface area (Å²) in [6.07, 6.45) is 0.383. The molecule has 48 valence electrons. The highest BCUT2D eigenvalue weighted by molar-refractivity contribution is 6.53. The molecule has 0 aliphatic heterocycles. The first kappa shape index (κ1) is 9.16. The van der Waals surface area contributed by atoms with E-state index in [0.717, 1.165) is 0 Å². The van der Waals surface area contributed by atoms with E-state index in [1.165, 1.54) is 0 Å². The van der Waals surface area contributed by atoms with Crippen LogP contribution in [0.15, 0.2) is 0 Å². The van der Waals surface area contributed by atoms with Gasteiger partial charge in [-0.25, -0.2) is 0 Å². The molecule has 0 unspecified atom stereocenters. The minimum Gasteiger partial charge on any atom is -0.125 e. The van der Waals surface area contributed by atoms with Gasteiger partial charge in [-0.1, -0.05) is 23.2 Å². The maximum Gasteiger partial charge on any atom is 0.152 e. The molecule has 4 heteroatoms. The number of halogens is 4. The molecule has 0 atom stereocenters. The summed E-state index contributed by atoms with van der Waals surface area (Å²) in [5, 5.41) is 0.562. The lowest BCUT2D eigenvalue weighted by Gasteiger charge is -2.01. The van der Waals surface area contributed by atoms with Crippen LogP contribution in [-0.4, -0.2) is 5.88 Å². The molecular formula is C4H4Cl4. The van der Waals surface area contributed by atoms with Crippen LogP contribution < -0.4 is 0 Å². The highest BCUT2D eigenvalue weighted by Crippen LogP contribution is 2.26. The molecule has 0 amide bonds. The third-order valence-electron chi connectivity index (χ3n) is 0.470. The summed E-state index contributed by atoms with van der Waals surface area (Å²) in [5.74, 6) is 0.296. The monoisotopic (exact) mass is 192 g/mol. The van der Waals surface area contributed by atoms with Crippen LogP contribution in [0.3, 0.4) is 0 Å². The Morgan fingerprint density at radius 1 is 1.12 bits per heavy atom. The van der Waals surface area contributed by atoms with Crippen LogP contribution in [0.4, 0.5) is 0 Å². The lowest BCUT2D eigenvalue weighted by Crippen LogP contribution is -1.90. The number of hydrogen-bond donors (Lipinski definition) is 0. The van der Waals surface area contributed by atoms with E-state index in [1.54, 1.807) is 0 Å². The Balaban J connectivity index is 3.10. The van der Waals surface area contributed by atoms with E-state index < -0.39 is 0 Å². The van der Waals surface area contributed by atoms with Crippen molar-refractivity contribution in [2.24, 2.45) is 0 Å². The zero-order chi connectivity index (χ0) is 6.57. The van der Waals surface area contributed by atoms with Gasteiger partial charge in [0.25, 0.3) is 0 Å². The minimum absolute atomic E-state index is 0.246. The van der Waals surface area contributed by atoms with Crippen molar-refractivity contribution in [3.05, 3.63) is 10.2 Å². The van der Waals surface area contributed by atoms with Crippen molar-refractivity contribution in [1.82, 2.24) is 0 Å². The minimum atomic E-state index is 0.246. The van der Waals surface area contributed by atoms with Gasteiger partial charge in [0, 0.05) is 12.3 Å². The molecule has 0 aromatic carbocycles. The molecule has 0 heterocycles. The largest absolute Gasteiger partial charge is 0.152 e. The molecule has 0 aromatic heterocycles. The van der Waals surface area contributed by atoms with Crippen LogP contribution in [0.25, 0.3) is 0 Å². The van der Waals surface area contributed by atoms with Gasteiger partial charge >= 0.3 is 0 Å². The van der Waals surface area contributed by atoms with Gasteiger partial charge in [-0.3, -0.25) is 0 Å². The fraction of sp³-hybridized carbons (Fsp3) is 0.500. The smallest absolute Gasteiger partial charge is 0.125 e. The predicted molar refractivity (Wildman–Crippen MR) is 39.4 cm³/mol. The van der Waals surface area contributed by atoms with Gasteiger partial charge < -0.3 is 0 Å². The highest BCUT2D eigenvalue weighted by Gasteiger charge is 2.09. The third kappa shape index (κ3) is 5.30. The zero-order valence-corrected chi connectivity index (χ0v) is 6.95. The van der Waals surface area contributed by atoms with Crippen LogP contribution in [0.1, 0.15) is 6.42 Å². The third-order valence-corrected chi connectivity index (χ3v) is 1.46. The Hall–Kier alpha value is 1.16. The molecule has 0 N–H and O–H groups in total. The number of hydrogen-bond acceptors (Lipinski definition) is 0. The number of alkyl halides is 1. The van der Waals surface area contributed by atoms with E-state index in [9.17, 15) is 0 Å². The summed E-state index contributed by atoms with van der Waals surface area (Å²) in [7, 11) is 0. The second kappa shape index (κ2) is 4.99. The fourth-order valence-corrected chi connectivity index (χ4v) is 0.880. The van der Waals surface area contributed by atoms with Gasteiger partial charge in [-0.05, 0) is 0 Å². The van der Waals surface area contributed by atoms with Gasteiger partial charge in [0.2, 0.25) is 0 Å². The van der Waals surface area contributed by atoms with E-state index in [0.29, 0.717) is 17.7 Å². The summed E-state index contributed by atoms with van der Waals surface area (Å²) < 4.78 is 0. The molecule has 0 aliphatic rings. The molecule has 0 nitrogen and oxygen atoms in total. The molecule has 0 fully saturated rings. The Labute approximate surface area is 69.0 Å². The van der Waals surface area contributed by atoms with Crippen LogP contribution in [0.5, 0.6) is 0 Å². The Morgan fingerprint density at radius 2 is 1.62 bits per heavy atom. The maximum absolute atomic E-state index is 5.46. The fourth-order valence-electron chi connectivity index (χ4n) is 0.192. The van der Waals surface area contributed by atoms with Crippen LogP contribution in [0, 0.1) is 10.2 Å². The standard InChI is InChI=1S/C4H4Cl4/c5-2-3(6)1-4(7)8/h1-2H2. The van der Waals surface area contributed by atoms with E-state index in [-0.39, 0.29) is 4.84 Å². The SMILES string of the molecule is ClC[C](Cl)C[C](Cl)Cl. The molecular weight excluding hydrogens is 190 g/mol. The summed E-state index contributed by atoms with van der Waals surface area (Å²) >= 11 is 21.3. The van der Waals surface area contributed by atoms with E-state index in [4.69, 9.17) is 46.4 Å². The van der Waals surface area contributed by atoms with Crippen molar-refractivity contribution in [3.63, 3.8) is 0 Å². The Bertz CT molecular complexity index is 54.0. The van der Waals surface area contributed by atoms with Crippen LogP contribution in [-0.2, 0) is 0 Å². The van der Waals surface area contributed by atoms with Crippen molar-refractivity contribution in [2.75, 3.05) is 5.88 Å². The molecule has 8 heavy (non-hydrogen) atoms. The Morgan fingerprint density at radius 3 is 1.75 bits per heavy atom. The molecule has 0 spiro atoms. The summed E-state index contributed by atoms with van der Waals surface area (Å²) in [5.41, 5.74) is 0. The van der Waals surface area contributed by atoms with Crippen molar-refractivity contribution in [1.29, 1.82) is 0 Å². The molecule has 0 bridgehead atoms. The van der Waals surface area contributed by atoms with Crippen molar-refractivity contribution in [2.45, 2.75) is 6.42 Å². The van der Waals surface area contributed by atoms with Crippen LogP contribution in [0.2, 0.25) is 0 Å². The van der Waals surface area contributed by atoms with E-state index in [2.05, 4.69) is 0 Å². The molecule has 2 radical (unpaired) electrons. The zero-order valence-electron chi connectivity index (χ0n) is 3.93. The molecule has 0 saturated carbocycles. The quantitative estimate of drug-likeness (QED) is 0.604. The Kier molecular flexibility index (Phi) is 5.71. The van der Waals surface area contributed by atoms with Crippen molar-refractivity contribution in [3.8, 4) is 0 Å². The van der Waals surface area contributed by atoms with Crippen molar-refractivity contribution < 1.29 is 0 Å². The van der Waals surface area contributed by atoms with Crippen LogP contribution >= 0.6 is 46.4 Å². The van der Waals surface area contributed by atoms with Crippen molar-refractivity contribution >= 4 is 46.4 Å². The molecule has 0 aliphatic carbocycles. The molecule has 0 aromatic rings. The topological polar surface area (TPSA) is 0 Å². The highest BCUT2D eigenvalue weighted by atomic mass is 35.5. The molecule has 0 saturated heterocycles. The first-order valence-corrected chi connectivity index (χ1v) is 3.56. The van der Waals surface area contributed by atoms with Gasteiger partial charge in [-0.2, -0.15) is 0 Å². The lowest BCUT2D eigenvalue weighted by molar-refractivity contribution is 1.11. The normalized spacial score (nSPS) is 11.2. The average Bonchev–Trinajstić information content (AvgIpc) is 1.65. The second-order valence-corrected chi connectivity index (χ2v) is 3.07. The summed E-state index contributed by atoms with van der Waals surface area (Å²) in [6, 6.07) is 0. The molecule has 0 rings (SSSR count). The van der Waals surface area contributed by atoms with Gasteiger partial charge in [0.15, 0.2) is 4.84 Å². The maximum atomic E-state index is 5.46. The van der Waals surface area contributed by atoms with Gasteiger partial charge in [0.05, 0.1) is 5.38 Å². The second-order valence-electron chi connectivity index (χ2n) is 1.17. The first-order chi connectivity index (χ1) is 3.66. The average molecular weight is 194 g/mol. The predicted octanol–water partition coefficient (Wildman–Crippen LogP) is 3.35. The summed E-state index contributed by atoms with van der Waals surface area (Å²) in [6.45, 7) is 0. The summed E-state index contributed by atoms with van der Waals surface area (Å²) in [4.78, 5) is 0.246. The number of rotatable bonds is 3. The van der Waals surface area contributed by atoms with E-state index in [1.807, 2.05) is 0 Å². The van der Waals surface area contributed by atoms with Gasteiger partial charge in [-0.15, -0.1) is 23.2 Å². The van der Waals surface area contributed by atoms with Gasteiger partial charge in [0.1, 0.15) is 0 Å².